The van der Waals surface area contributed by atoms with Gasteiger partial charge >= 0.3 is 0 Å². The molecule has 1 aromatic rings. The topological polar surface area (TPSA) is 24.9 Å². The van der Waals surface area contributed by atoms with Crippen molar-refractivity contribution in [2.45, 2.75) is 0 Å². The summed E-state index contributed by atoms with van der Waals surface area (Å²) in [5.41, 5.74) is 0. The molecule has 5 heteroatoms. The fourth-order valence-electron chi connectivity index (χ4n) is 2.23. The second-order valence-corrected chi connectivity index (χ2v) is 5.35. The Morgan fingerprint density at radius 2 is 1.18 bits per heavy atom. The lowest BCUT2D eigenvalue weighted by molar-refractivity contribution is 0.123. The maximum atomic E-state index is 5.38. The molecule has 2 fully saturated rings. The number of nitrogens with zero attached hydrogens (tertiary/aromatic N) is 2. The van der Waals surface area contributed by atoms with Crippen LogP contribution in [0.25, 0.3) is 0 Å². The Morgan fingerprint density at radius 1 is 0.765 bits per heavy atom. The SMILES string of the molecule is c1cc(N2CCOCC2)sc1N1CCOCC1. The highest BCUT2D eigenvalue weighted by atomic mass is 32.1. The molecular weight excluding hydrogens is 236 g/mol. The number of anilines is 2. The average Bonchev–Trinajstić information content (AvgIpc) is 2.90. The molecule has 2 aliphatic rings. The molecule has 0 bridgehead atoms. The number of rotatable bonds is 2. The number of morpholine rings is 2. The van der Waals surface area contributed by atoms with Gasteiger partial charge in [-0.05, 0) is 12.1 Å². The normalized spacial score (nSPS) is 21.9. The lowest BCUT2D eigenvalue weighted by Gasteiger charge is -2.28. The predicted molar refractivity (Wildman–Crippen MR) is 70.4 cm³/mol. The molecule has 0 saturated carbocycles. The van der Waals surface area contributed by atoms with Crippen molar-refractivity contribution in [3.8, 4) is 0 Å². The molecule has 0 unspecified atom stereocenters. The Hall–Kier alpha value is -0.780. The van der Waals surface area contributed by atoms with Crippen molar-refractivity contribution in [2.24, 2.45) is 0 Å². The molecular formula is C12H18N2O2S. The van der Waals surface area contributed by atoms with Crippen molar-refractivity contribution in [3.63, 3.8) is 0 Å². The quantitative estimate of drug-likeness (QED) is 0.797. The van der Waals surface area contributed by atoms with E-state index in [1.807, 2.05) is 11.3 Å². The van der Waals surface area contributed by atoms with Gasteiger partial charge in [-0.2, -0.15) is 0 Å². The van der Waals surface area contributed by atoms with Crippen LogP contribution in [0.15, 0.2) is 12.1 Å². The summed E-state index contributed by atoms with van der Waals surface area (Å²) < 4.78 is 10.8. The van der Waals surface area contributed by atoms with Crippen LogP contribution in [0.3, 0.4) is 0 Å². The standard InChI is InChI=1S/C12H18N2O2S/c1-2-12(14-5-9-16-10-6-14)17-11(1)13-3-7-15-8-4-13/h1-2H,3-10H2. The van der Waals surface area contributed by atoms with E-state index in [2.05, 4.69) is 21.9 Å². The zero-order chi connectivity index (χ0) is 11.5. The zero-order valence-electron chi connectivity index (χ0n) is 9.93. The third-order valence-electron chi connectivity index (χ3n) is 3.22. The molecule has 3 heterocycles. The molecule has 2 saturated heterocycles. The van der Waals surface area contributed by atoms with E-state index < -0.39 is 0 Å². The first-order valence-corrected chi connectivity index (χ1v) is 7.00. The lowest BCUT2D eigenvalue weighted by atomic mass is 10.4. The van der Waals surface area contributed by atoms with Crippen molar-refractivity contribution in [2.75, 3.05) is 62.4 Å². The van der Waals surface area contributed by atoms with Crippen LogP contribution in [0, 0.1) is 0 Å². The first-order chi connectivity index (χ1) is 8.43. The van der Waals surface area contributed by atoms with E-state index in [0.29, 0.717) is 0 Å². The third kappa shape index (κ3) is 2.56. The number of thiophene rings is 1. The van der Waals surface area contributed by atoms with Crippen molar-refractivity contribution < 1.29 is 9.47 Å². The molecule has 94 valence electrons. The van der Waals surface area contributed by atoms with E-state index in [9.17, 15) is 0 Å². The van der Waals surface area contributed by atoms with Gasteiger partial charge in [-0.1, -0.05) is 0 Å². The largest absolute Gasteiger partial charge is 0.378 e. The summed E-state index contributed by atoms with van der Waals surface area (Å²) in [5, 5.41) is 2.74. The number of hydrogen-bond acceptors (Lipinski definition) is 5. The minimum Gasteiger partial charge on any atom is -0.378 e. The average molecular weight is 254 g/mol. The first-order valence-electron chi connectivity index (χ1n) is 6.19. The molecule has 17 heavy (non-hydrogen) atoms. The van der Waals surface area contributed by atoms with Gasteiger partial charge in [0.1, 0.15) is 0 Å². The van der Waals surface area contributed by atoms with Crippen LogP contribution in [0.2, 0.25) is 0 Å². The fraction of sp³-hybridized carbons (Fsp3) is 0.667. The Bertz CT molecular complexity index is 325. The van der Waals surface area contributed by atoms with Crippen molar-refractivity contribution in [3.05, 3.63) is 12.1 Å². The highest BCUT2D eigenvalue weighted by Crippen LogP contribution is 2.33. The van der Waals surface area contributed by atoms with E-state index in [1.165, 1.54) is 10.0 Å². The minimum absolute atomic E-state index is 0.852. The first kappa shape index (κ1) is 11.3. The van der Waals surface area contributed by atoms with Crippen LogP contribution in [0.4, 0.5) is 10.0 Å². The fourth-order valence-corrected chi connectivity index (χ4v) is 3.33. The van der Waals surface area contributed by atoms with Crippen LogP contribution >= 0.6 is 11.3 Å². The van der Waals surface area contributed by atoms with E-state index in [4.69, 9.17) is 9.47 Å². The van der Waals surface area contributed by atoms with Gasteiger partial charge in [-0.3, -0.25) is 0 Å². The highest BCUT2D eigenvalue weighted by Gasteiger charge is 2.17. The highest BCUT2D eigenvalue weighted by molar-refractivity contribution is 7.20. The monoisotopic (exact) mass is 254 g/mol. The van der Waals surface area contributed by atoms with Crippen molar-refractivity contribution in [1.29, 1.82) is 0 Å². The smallest absolute Gasteiger partial charge is 0.0931 e. The molecule has 4 nitrogen and oxygen atoms in total. The molecule has 0 aliphatic carbocycles. The van der Waals surface area contributed by atoms with Crippen LogP contribution in [0.5, 0.6) is 0 Å². The maximum absolute atomic E-state index is 5.38. The summed E-state index contributed by atoms with van der Waals surface area (Å²) in [4.78, 5) is 4.83. The summed E-state index contributed by atoms with van der Waals surface area (Å²) in [7, 11) is 0. The minimum atomic E-state index is 0.852. The molecule has 0 aromatic carbocycles. The predicted octanol–water partition coefficient (Wildman–Crippen LogP) is 1.42. The maximum Gasteiger partial charge on any atom is 0.0931 e. The number of ether oxygens (including phenoxy) is 2. The molecule has 3 rings (SSSR count). The van der Waals surface area contributed by atoms with Crippen LogP contribution in [-0.4, -0.2) is 52.6 Å². The molecule has 0 N–H and O–H groups in total. The molecule has 0 spiro atoms. The van der Waals surface area contributed by atoms with E-state index in [1.54, 1.807) is 0 Å². The van der Waals surface area contributed by atoms with Gasteiger partial charge in [0.15, 0.2) is 0 Å². The van der Waals surface area contributed by atoms with Crippen LogP contribution in [0.1, 0.15) is 0 Å². The Kier molecular flexibility index (Phi) is 3.49. The molecule has 0 atom stereocenters. The van der Waals surface area contributed by atoms with Gasteiger partial charge < -0.3 is 19.3 Å². The molecule has 2 aliphatic heterocycles. The van der Waals surface area contributed by atoms with Gasteiger partial charge in [-0.15, -0.1) is 11.3 Å². The van der Waals surface area contributed by atoms with Gasteiger partial charge in [-0.25, -0.2) is 0 Å². The van der Waals surface area contributed by atoms with Gasteiger partial charge in [0.2, 0.25) is 0 Å². The van der Waals surface area contributed by atoms with Crippen LogP contribution < -0.4 is 9.80 Å². The van der Waals surface area contributed by atoms with Gasteiger partial charge in [0.05, 0.1) is 36.4 Å². The van der Waals surface area contributed by atoms with Crippen molar-refractivity contribution >= 4 is 21.3 Å². The molecule has 1 aromatic heterocycles. The second-order valence-electron chi connectivity index (χ2n) is 4.31. The Labute approximate surface area is 106 Å². The third-order valence-corrected chi connectivity index (χ3v) is 4.43. The summed E-state index contributed by atoms with van der Waals surface area (Å²) in [5.74, 6) is 0. The second kappa shape index (κ2) is 5.25. The van der Waals surface area contributed by atoms with Crippen molar-refractivity contribution in [1.82, 2.24) is 0 Å². The van der Waals surface area contributed by atoms with E-state index >= 15 is 0 Å². The Morgan fingerprint density at radius 3 is 1.59 bits per heavy atom. The summed E-state index contributed by atoms with van der Waals surface area (Å²) in [6.07, 6.45) is 0. The van der Waals surface area contributed by atoms with E-state index in [0.717, 1.165) is 52.6 Å². The van der Waals surface area contributed by atoms with E-state index in [-0.39, 0.29) is 0 Å². The summed E-state index contributed by atoms with van der Waals surface area (Å²) in [6.45, 7) is 7.48. The summed E-state index contributed by atoms with van der Waals surface area (Å²) in [6, 6.07) is 4.47. The zero-order valence-corrected chi connectivity index (χ0v) is 10.7. The van der Waals surface area contributed by atoms with Gasteiger partial charge in [0, 0.05) is 26.2 Å². The molecule has 0 radical (unpaired) electrons. The summed E-state index contributed by atoms with van der Waals surface area (Å²) >= 11 is 1.89. The van der Waals surface area contributed by atoms with Crippen LogP contribution in [-0.2, 0) is 9.47 Å². The number of hydrogen-bond donors (Lipinski definition) is 0. The van der Waals surface area contributed by atoms with Gasteiger partial charge in [0.25, 0.3) is 0 Å². The Balaban J connectivity index is 1.68. The molecule has 0 amide bonds. The lowest BCUT2D eigenvalue weighted by Crippen LogP contribution is -2.36.